The Balaban J connectivity index is 0.000000189. The first kappa shape index (κ1) is 25.4. The number of nitrogens with two attached hydrogens (primary N) is 1. The Labute approximate surface area is 190 Å². The molecule has 1 aromatic heterocycles. The largest absolute Gasteiger partial charge is 0.394 e. The summed E-state index contributed by atoms with van der Waals surface area (Å²) in [5.74, 6) is 0.177. The summed E-state index contributed by atoms with van der Waals surface area (Å²) in [6.07, 6.45) is -0.528. The molecule has 2 fully saturated rings. The Morgan fingerprint density at radius 2 is 1.94 bits per heavy atom. The molecule has 2 aliphatic carbocycles. The highest BCUT2D eigenvalue weighted by atomic mass is 32.2. The predicted octanol–water partition coefficient (Wildman–Crippen LogP) is -1.46. The molecule has 5 atom stereocenters. The molecule has 9 N–H and O–H groups in total. The second kappa shape index (κ2) is 8.83. The van der Waals surface area contributed by atoms with Crippen LogP contribution in [-0.2, 0) is 14.9 Å². The number of aromatic nitrogens is 2. The SMILES string of the molecule is CC1(C)C2CCC1(CS(=O)(=O)O)C(=O)C2.Nc1nc2c(c(=O)[nH]1)N[C@H]([C@H](O)[C@H](O)CO)CN2. The highest BCUT2D eigenvalue weighted by Crippen LogP contribution is 2.64. The fourth-order valence-electron chi connectivity index (χ4n) is 5.20. The van der Waals surface area contributed by atoms with E-state index < -0.39 is 51.7 Å². The van der Waals surface area contributed by atoms with E-state index >= 15 is 0 Å². The van der Waals surface area contributed by atoms with Gasteiger partial charge >= 0.3 is 0 Å². The van der Waals surface area contributed by atoms with E-state index in [-0.39, 0.29) is 41.1 Å². The number of aromatic amines is 1. The Bertz CT molecular complexity index is 1070. The van der Waals surface area contributed by atoms with Gasteiger partial charge in [0.15, 0.2) is 5.82 Å². The van der Waals surface area contributed by atoms with Gasteiger partial charge in [0, 0.05) is 13.0 Å². The van der Waals surface area contributed by atoms with Crippen molar-refractivity contribution in [3.8, 4) is 0 Å². The van der Waals surface area contributed by atoms with Crippen molar-refractivity contribution in [2.24, 2.45) is 16.7 Å². The number of nitrogens with one attached hydrogen (secondary N) is 3. The Morgan fingerprint density at radius 3 is 2.45 bits per heavy atom. The normalized spacial score (nSPS) is 29.2. The molecule has 1 aliphatic heterocycles. The number of Topliss-reactive ketones (excluding diaryl/α,β-unsaturated/α-hetero) is 1. The molecule has 0 amide bonds. The minimum atomic E-state index is -4.08. The monoisotopic (exact) mass is 489 g/mol. The summed E-state index contributed by atoms with van der Waals surface area (Å²) in [7, 11) is -4.08. The second-order valence-corrected chi connectivity index (χ2v) is 10.9. The number of rotatable bonds is 5. The van der Waals surface area contributed by atoms with Crippen molar-refractivity contribution < 1.29 is 33.1 Å². The maximum Gasteiger partial charge on any atom is 0.277 e. The lowest BCUT2D eigenvalue weighted by atomic mass is 9.70. The van der Waals surface area contributed by atoms with Crippen molar-refractivity contribution >= 4 is 33.4 Å². The number of aliphatic hydroxyl groups is 3. The van der Waals surface area contributed by atoms with E-state index in [0.717, 1.165) is 6.42 Å². The zero-order valence-corrected chi connectivity index (χ0v) is 19.2. The van der Waals surface area contributed by atoms with Gasteiger partial charge in [-0.25, -0.2) is 0 Å². The first-order valence-corrected chi connectivity index (χ1v) is 12.2. The number of carbonyl (C=O) groups excluding carboxylic acids is 1. The molecule has 3 aliphatic rings. The summed E-state index contributed by atoms with van der Waals surface area (Å²) in [4.78, 5) is 29.7. The Morgan fingerprint density at radius 1 is 1.27 bits per heavy atom. The van der Waals surface area contributed by atoms with Crippen LogP contribution in [0.4, 0.5) is 17.5 Å². The summed E-state index contributed by atoms with van der Waals surface area (Å²) < 4.78 is 31.0. The fourth-order valence-corrected chi connectivity index (χ4v) is 6.50. The summed E-state index contributed by atoms with van der Waals surface area (Å²) in [5.41, 5.74) is 3.94. The van der Waals surface area contributed by atoms with E-state index in [9.17, 15) is 28.2 Å². The van der Waals surface area contributed by atoms with Crippen LogP contribution in [-0.4, -0.2) is 81.2 Å². The molecule has 0 radical (unpaired) electrons. The van der Waals surface area contributed by atoms with Crippen molar-refractivity contribution in [1.82, 2.24) is 9.97 Å². The third-order valence-electron chi connectivity index (χ3n) is 7.32. The van der Waals surface area contributed by atoms with Crippen molar-refractivity contribution in [2.75, 3.05) is 35.3 Å². The first-order valence-electron chi connectivity index (χ1n) is 10.6. The Kier molecular flexibility index (Phi) is 6.79. The predicted molar refractivity (Wildman–Crippen MR) is 119 cm³/mol. The summed E-state index contributed by atoms with van der Waals surface area (Å²) >= 11 is 0. The van der Waals surface area contributed by atoms with Crippen molar-refractivity contribution in [3.05, 3.63) is 10.4 Å². The van der Waals surface area contributed by atoms with E-state index in [1.807, 2.05) is 13.8 Å². The van der Waals surface area contributed by atoms with Crippen LogP contribution >= 0.6 is 0 Å². The number of hydrogen-bond donors (Lipinski definition) is 8. The van der Waals surface area contributed by atoms with Crippen molar-refractivity contribution in [1.29, 1.82) is 0 Å². The van der Waals surface area contributed by atoms with Gasteiger partial charge in [-0.1, -0.05) is 13.8 Å². The lowest BCUT2D eigenvalue weighted by molar-refractivity contribution is -0.128. The lowest BCUT2D eigenvalue weighted by Gasteiger charge is -2.35. The minimum Gasteiger partial charge on any atom is -0.394 e. The smallest absolute Gasteiger partial charge is 0.277 e. The number of carbonyl (C=O) groups is 1. The molecule has 13 nitrogen and oxygen atoms in total. The molecule has 1 aromatic rings. The highest BCUT2D eigenvalue weighted by molar-refractivity contribution is 7.85. The molecule has 0 spiro atoms. The number of ketones is 1. The van der Waals surface area contributed by atoms with E-state index in [4.69, 9.17) is 15.4 Å². The number of nitrogens with zero attached hydrogens (tertiary/aromatic N) is 1. The van der Waals surface area contributed by atoms with Crippen LogP contribution in [0.15, 0.2) is 4.79 Å². The summed E-state index contributed by atoms with van der Waals surface area (Å²) in [6, 6.07) is -0.619. The summed E-state index contributed by atoms with van der Waals surface area (Å²) in [6.45, 7) is 3.56. The lowest BCUT2D eigenvalue weighted by Crippen LogP contribution is -2.50. The van der Waals surface area contributed by atoms with Crippen LogP contribution in [0.5, 0.6) is 0 Å². The van der Waals surface area contributed by atoms with Crippen molar-refractivity contribution in [3.63, 3.8) is 0 Å². The molecular weight excluding hydrogens is 458 g/mol. The van der Waals surface area contributed by atoms with Gasteiger partial charge < -0.3 is 31.7 Å². The second-order valence-electron chi connectivity index (χ2n) is 9.44. The average Bonchev–Trinajstić information content (AvgIpc) is 3.06. The maximum atomic E-state index is 11.9. The molecule has 33 heavy (non-hydrogen) atoms. The van der Waals surface area contributed by atoms with Gasteiger partial charge in [-0.2, -0.15) is 13.4 Å². The molecule has 0 aromatic carbocycles. The summed E-state index contributed by atoms with van der Waals surface area (Å²) in [5, 5.41) is 33.5. The average molecular weight is 490 g/mol. The molecular formula is C19H31N5O8S. The Hall–Kier alpha value is -2.26. The number of anilines is 3. The third kappa shape index (κ3) is 4.71. The van der Waals surface area contributed by atoms with E-state index in [2.05, 4.69) is 20.6 Å². The molecule has 2 unspecified atom stereocenters. The van der Waals surface area contributed by atoms with Gasteiger partial charge in [-0.15, -0.1) is 0 Å². The topological polar surface area (TPSA) is 228 Å². The van der Waals surface area contributed by atoms with Crippen LogP contribution in [0, 0.1) is 16.7 Å². The number of nitrogen functional groups attached to an aromatic ring is 1. The molecule has 0 saturated heterocycles. The third-order valence-corrected chi connectivity index (χ3v) is 8.18. The molecule has 14 heteroatoms. The van der Waals surface area contributed by atoms with Gasteiger partial charge in [-0.05, 0) is 24.2 Å². The van der Waals surface area contributed by atoms with E-state index in [1.165, 1.54) is 0 Å². The minimum absolute atomic E-state index is 0.0116. The van der Waals surface area contributed by atoms with Crippen LogP contribution in [0.3, 0.4) is 0 Å². The number of fused-ring (bicyclic) bond motifs is 3. The molecule has 4 rings (SSSR count). The molecule has 2 saturated carbocycles. The van der Waals surface area contributed by atoms with Gasteiger partial charge in [-0.3, -0.25) is 19.1 Å². The van der Waals surface area contributed by atoms with Gasteiger partial charge in [0.2, 0.25) is 5.95 Å². The molecule has 2 bridgehead atoms. The zero-order chi connectivity index (χ0) is 24.8. The van der Waals surface area contributed by atoms with Gasteiger partial charge in [0.1, 0.15) is 23.7 Å². The number of H-pyrrole nitrogens is 1. The number of aliphatic hydroxyl groups excluding tert-OH is 3. The van der Waals surface area contributed by atoms with E-state index in [1.54, 1.807) is 0 Å². The van der Waals surface area contributed by atoms with Crippen LogP contribution < -0.4 is 21.9 Å². The molecule has 186 valence electrons. The number of hydrogen-bond acceptors (Lipinski definition) is 11. The zero-order valence-electron chi connectivity index (χ0n) is 18.4. The van der Waals surface area contributed by atoms with Crippen LogP contribution in [0.1, 0.15) is 33.1 Å². The van der Waals surface area contributed by atoms with Gasteiger partial charge in [0.05, 0.1) is 23.8 Å². The van der Waals surface area contributed by atoms with Crippen LogP contribution in [0.2, 0.25) is 0 Å². The quantitative estimate of drug-likeness (QED) is 0.222. The fraction of sp³-hybridized carbons (Fsp3) is 0.737. The van der Waals surface area contributed by atoms with Gasteiger partial charge in [0.25, 0.3) is 15.7 Å². The van der Waals surface area contributed by atoms with Crippen molar-refractivity contribution in [2.45, 2.75) is 51.4 Å². The molecule has 2 heterocycles. The van der Waals surface area contributed by atoms with Crippen LogP contribution in [0.25, 0.3) is 0 Å². The maximum absolute atomic E-state index is 11.9. The first-order chi connectivity index (χ1) is 15.2. The standard InChI is InChI=1S/C10H16O4S.C9H15N5O4/c1-9(2)7-3-4-10(9,8(11)5-7)6-15(12,13)14;10-9-13-7-5(8(18)14-9)12-3(1-11-7)6(17)4(16)2-15/h7H,3-6H2,1-2H3,(H,12,13,14);3-4,6,12,15-17H,1-2H2,(H4,10,11,13,14,18)/t;3-,4+,6-/m.0/s1. The highest BCUT2D eigenvalue weighted by Gasteiger charge is 2.65. The van der Waals surface area contributed by atoms with E-state index in [0.29, 0.717) is 12.8 Å².